The number of aromatic nitrogens is 3. The third-order valence-corrected chi connectivity index (χ3v) is 4.13. The number of rotatable bonds is 3. The van der Waals surface area contributed by atoms with E-state index in [1.54, 1.807) is 11.8 Å². The molecule has 1 atom stereocenters. The Morgan fingerprint density at radius 2 is 2.16 bits per heavy atom. The minimum absolute atomic E-state index is 0.157. The molecule has 1 unspecified atom stereocenters. The van der Waals surface area contributed by atoms with Gasteiger partial charge in [-0.1, -0.05) is 30.8 Å². The van der Waals surface area contributed by atoms with Gasteiger partial charge in [-0.25, -0.2) is 9.07 Å². The lowest BCUT2D eigenvalue weighted by Crippen LogP contribution is -2.29. The van der Waals surface area contributed by atoms with Crippen LogP contribution in [-0.2, 0) is 6.42 Å². The zero-order valence-electron chi connectivity index (χ0n) is 10.6. The molecule has 2 aromatic rings. The highest BCUT2D eigenvalue weighted by molar-refractivity contribution is 7.99. The summed E-state index contributed by atoms with van der Waals surface area (Å²) in [4.78, 5) is 0. The highest BCUT2D eigenvalue weighted by atomic mass is 32.2. The molecule has 3 rings (SSSR count). The second-order valence-corrected chi connectivity index (χ2v) is 5.52. The molecule has 6 heteroatoms. The van der Waals surface area contributed by atoms with Crippen molar-refractivity contribution >= 4 is 11.8 Å². The maximum Gasteiger partial charge on any atom is 0.210 e. The molecule has 0 aliphatic carbocycles. The van der Waals surface area contributed by atoms with Crippen LogP contribution in [0.5, 0.6) is 0 Å². The van der Waals surface area contributed by atoms with Crippen molar-refractivity contribution in [2.45, 2.75) is 31.0 Å². The van der Waals surface area contributed by atoms with E-state index in [-0.39, 0.29) is 11.9 Å². The van der Waals surface area contributed by atoms with E-state index < -0.39 is 0 Å². The maximum absolute atomic E-state index is 13.0. The Balaban J connectivity index is 1.84. The van der Waals surface area contributed by atoms with Crippen molar-refractivity contribution in [1.29, 1.82) is 0 Å². The number of hydrogen-bond acceptors (Lipinski definition) is 4. The molecule has 0 spiro atoms. The van der Waals surface area contributed by atoms with Crippen LogP contribution in [0, 0.1) is 5.82 Å². The molecule has 0 saturated heterocycles. The average Bonchev–Trinajstić information content (AvgIpc) is 2.83. The summed E-state index contributed by atoms with van der Waals surface area (Å²) in [6, 6.07) is 6.79. The van der Waals surface area contributed by atoms with Crippen LogP contribution in [0.25, 0.3) is 0 Å². The second kappa shape index (κ2) is 5.21. The molecule has 0 amide bonds. The Labute approximate surface area is 115 Å². The van der Waals surface area contributed by atoms with E-state index in [0.29, 0.717) is 0 Å². The van der Waals surface area contributed by atoms with Gasteiger partial charge in [-0.2, -0.15) is 0 Å². The first-order valence-corrected chi connectivity index (χ1v) is 7.35. The standard InChI is InChI=1S/C13H15FN4S/c1-2-3-12-15-16-13-18(12)17-11(8-19-13)9-4-6-10(14)7-5-9/h4-7,11,17H,2-3,8H2,1H3. The van der Waals surface area contributed by atoms with Crippen LogP contribution in [0.1, 0.15) is 30.8 Å². The van der Waals surface area contributed by atoms with Gasteiger partial charge >= 0.3 is 0 Å². The molecule has 1 aliphatic rings. The fourth-order valence-corrected chi connectivity index (χ4v) is 3.09. The summed E-state index contributed by atoms with van der Waals surface area (Å²) >= 11 is 1.68. The minimum atomic E-state index is -0.205. The van der Waals surface area contributed by atoms with Crippen LogP contribution in [0.2, 0.25) is 0 Å². The molecule has 0 saturated carbocycles. The number of nitrogens with zero attached hydrogens (tertiary/aromatic N) is 3. The van der Waals surface area contributed by atoms with Crippen molar-refractivity contribution < 1.29 is 4.39 Å². The van der Waals surface area contributed by atoms with E-state index in [4.69, 9.17) is 0 Å². The van der Waals surface area contributed by atoms with Crippen molar-refractivity contribution in [3.05, 3.63) is 41.5 Å². The molecule has 100 valence electrons. The Morgan fingerprint density at radius 1 is 1.37 bits per heavy atom. The molecule has 4 nitrogen and oxygen atoms in total. The summed E-state index contributed by atoms with van der Waals surface area (Å²) in [5, 5.41) is 9.27. The first-order chi connectivity index (χ1) is 9.28. The third kappa shape index (κ3) is 2.45. The summed E-state index contributed by atoms with van der Waals surface area (Å²) in [7, 11) is 0. The molecule has 0 fully saturated rings. The number of halogens is 1. The first kappa shape index (κ1) is 12.5. The number of fused-ring (bicyclic) bond motifs is 1. The van der Waals surface area contributed by atoms with Gasteiger partial charge in [0.25, 0.3) is 0 Å². The van der Waals surface area contributed by atoms with Crippen LogP contribution in [0.15, 0.2) is 29.4 Å². The van der Waals surface area contributed by atoms with E-state index >= 15 is 0 Å². The van der Waals surface area contributed by atoms with Crippen molar-refractivity contribution in [2.24, 2.45) is 0 Å². The molecular weight excluding hydrogens is 263 g/mol. The van der Waals surface area contributed by atoms with Gasteiger partial charge in [-0.15, -0.1) is 10.2 Å². The molecule has 0 radical (unpaired) electrons. The highest BCUT2D eigenvalue weighted by Crippen LogP contribution is 2.30. The van der Waals surface area contributed by atoms with E-state index in [1.165, 1.54) is 12.1 Å². The lowest BCUT2D eigenvalue weighted by atomic mass is 10.1. The van der Waals surface area contributed by atoms with Crippen molar-refractivity contribution in [2.75, 3.05) is 11.2 Å². The van der Waals surface area contributed by atoms with Gasteiger partial charge in [0.2, 0.25) is 5.16 Å². The van der Waals surface area contributed by atoms with E-state index in [0.717, 1.165) is 35.1 Å². The molecule has 19 heavy (non-hydrogen) atoms. The van der Waals surface area contributed by atoms with Gasteiger partial charge in [-0.3, -0.25) is 0 Å². The number of nitrogens with one attached hydrogen (secondary N) is 1. The largest absolute Gasteiger partial charge is 0.314 e. The fraction of sp³-hybridized carbons (Fsp3) is 0.385. The van der Waals surface area contributed by atoms with E-state index in [1.807, 2.05) is 16.8 Å². The van der Waals surface area contributed by atoms with Crippen LogP contribution in [0.4, 0.5) is 4.39 Å². The predicted octanol–water partition coefficient (Wildman–Crippen LogP) is 2.76. The number of hydrogen-bond donors (Lipinski definition) is 1. The Hall–Kier alpha value is -1.56. The summed E-state index contributed by atoms with van der Waals surface area (Å²) in [6.45, 7) is 2.12. The average molecular weight is 278 g/mol. The summed E-state index contributed by atoms with van der Waals surface area (Å²) in [6.07, 6.45) is 1.93. The SMILES string of the molecule is CCCc1nnc2n1NC(c1ccc(F)cc1)CS2. The van der Waals surface area contributed by atoms with Gasteiger partial charge in [0.05, 0.1) is 6.04 Å². The third-order valence-electron chi connectivity index (χ3n) is 3.11. The smallest absolute Gasteiger partial charge is 0.210 e. The van der Waals surface area contributed by atoms with E-state index in [2.05, 4.69) is 22.5 Å². The lowest BCUT2D eigenvalue weighted by Gasteiger charge is -2.26. The molecule has 1 aromatic heterocycles. The number of thioether (sulfide) groups is 1. The quantitative estimate of drug-likeness (QED) is 0.937. The van der Waals surface area contributed by atoms with Crippen LogP contribution in [-0.4, -0.2) is 20.6 Å². The molecule has 0 bridgehead atoms. The Bertz CT molecular complexity index is 567. The van der Waals surface area contributed by atoms with Crippen LogP contribution in [0.3, 0.4) is 0 Å². The van der Waals surface area contributed by atoms with Crippen molar-refractivity contribution in [3.63, 3.8) is 0 Å². The van der Waals surface area contributed by atoms with Crippen molar-refractivity contribution in [1.82, 2.24) is 14.9 Å². The number of benzene rings is 1. The van der Waals surface area contributed by atoms with Crippen molar-refractivity contribution in [3.8, 4) is 0 Å². The summed E-state index contributed by atoms with van der Waals surface area (Å²) in [5.74, 6) is 1.62. The minimum Gasteiger partial charge on any atom is -0.314 e. The summed E-state index contributed by atoms with van der Waals surface area (Å²) < 4.78 is 14.9. The monoisotopic (exact) mass is 278 g/mol. The zero-order valence-corrected chi connectivity index (χ0v) is 11.5. The van der Waals surface area contributed by atoms with E-state index in [9.17, 15) is 4.39 Å². The van der Waals surface area contributed by atoms with Gasteiger partial charge in [-0.05, 0) is 24.1 Å². The molecular formula is C13H15FN4S. The molecule has 1 aromatic carbocycles. The van der Waals surface area contributed by atoms with Crippen LogP contribution >= 0.6 is 11.8 Å². The lowest BCUT2D eigenvalue weighted by molar-refractivity contribution is 0.615. The molecule has 1 aliphatic heterocycles. The maximum atomic E-state index is 13.0. The van der Waals surface area contributed by atoms with Gasteiger partial charge in [0, 0.05) is 12.2 Å². The first-order valence-electron chi connectivity index (χ1n) is 6.37. The molecule has 1 N–H and O–H groups in total. The fourth-order valence-electron chi connectivity index (χ4n) is 2.13. The van der Waals surface area contributed by atoms with Gasteiger partial charge in [0.1, 0.15) is 5.82 Å². The predicted molar refractivity (Wildman–Crippen MR) is 73.2 cm³/mol. The summed E-state index contributed by atoms with van der Waals surface area (Å²) in [5.41, 5.74) is 4.49. The number of aryl methyl sites for hydroxylation is 1. The highest BCUT2D eigenvalue weighted by Gasteiger charge is 2.23. The zero-order chi connectivity index (χ0) is 13.2. The Kier molecular flexibility index (Phi) is 3.42. The van der Waals surface area contributed by atoms with Gasteiger partial charge in [0.15, 0.2) is 5.82 Å². The normalized spacial score (nSPS) is 17.9. The van der Waals surface area contributed by atoms with Crippen LogP contribution < -0.4 is 5.43 Å². The topological polar surface area (TPSA) is 42.7 Å². The van der Waals surface area contributed by atoms with Gasteiger partial charge < -0.3 is 5.43 Å². The second-order valence-electron chi connectivity index (χ2n) is 4.53. The Morgan fingerprint density at radius 3 is 2.89 bits per heavy atom. The molecule has 2 heterocycles.